The molecule has 0 aromatic heterocycles. The first-order chi connectivity index (χ1) is 7.66. The highest BCUT2D eigenvalue weighted by Crippen LogP contribution is 2.25. The summed E-state index contributed by atoms with van der Waals surface area (Å²) in [7, 11) is 1.53. The lowest BCUT2D eigenvalue weighted by molar-refractivity contribution is -0.152. The van der Waals surface area contributed by atoms with Crippen LogP contribution in [0, 0.1) is 11.8 Å². The minimum atomic E-state index is -0.539. The molecule has 1 amide bonds. The molecule has 0 spiro atoms. The molecule has 0 aliphatic heterocycles. The van der Waals surface area contributed by atoms with Gasteiger partial charge in [-0.2, -0.15) is 0 Å². The Kier molecular flexibility index (Phi) is 4.98. The number of allylic oxidation sites excluding steroid dienone is 1. The van der Waals surface area contributed by atoms with Gasteiger partial charge in [-0.05, 0) is 12.8 Å². The van der Waals surface area contributed by atoms with E-state index in [1.807, 2.05) is 6.08 Å². The average Bonchev–Trinajstić information content (AvgIpc) is 2.29. The lowest BCUT2D eigenvalue weighted by Gasteiger charge is -2.23. The van der Waals surface area contributed by atoms with Gasteiger partial charge >= 0.3 is 5.97 Å². The topological polar surface area (TPSA) is 78.6 Å². The zero-order valence-corrected chi connectivity index (χ0v) is 9.35. The number of carbonyl (C=O) groups is 2. The zero-order chi connectivity index (χ0) is 12.0. The summed E-state index contributed by atoms with van der Waals surface area (Å²) in [6.07, 6.45) is 4.96. The van der Waals surface area contributed by atoms with Crippen LogP contribution in [0.1, 0.15) is 12.8 Å². The second kappa shape index (κ2) is 6.27. The number of amides is 1. The van der Waals surface area contributed by atoms with Crippen molar-refractivity contribution in [2.24, 2.45) is 17.6 Å². The Morgan fingerprint density at radius 3 is 2.81 bits per heavy atom. The Morgan fingerprint density at radius 1 is 1.44 bits per heavy atom. The molecule has 90 valence electrons. The lowest BCUT2D eigenvalue weighted by Crippen LogP contribution is -2.36. The number of hydrogen-bond donors (Lipinski definition) is 1. The van der Waals surface area contributed by atoms with Gasteiger partial charge in [0.25, 0.3) is 0 Å². The van der Waals surface area contributed by atoms with Crippen molar-refractivity contribution < 1.29 is 19.1 Å². The van der Waals surface area contributed by atoms with E-state index in [0.717, 1.165) is 6.42 Å². The van der Waals surface area contributed by atoms with Gasteiger partial charge in [0, 0.05) is 7.11 Å². The second-order valence-corrected chi connectivity index (χ2v) is 3.70. The van der Waals surface area contributed by atoms with Crippen LogP contribution in [0.25, 0.3) is 0 Å². The normalized spacial score (nSPS) is 24.1. The van der Waals surface area contributed by atoms with E-state index in [9.17, 15) is 9.59 Å². The van der Waals surface area contributed by atoms with E-state index in [-0.39, 0.29) is 6.61 Å². The van der Waals surface area contributed by atoms with E-state index in [0.29, 0.717) is 13.0 Å². The zero-order valence-electron chi connectivity index (χ0n) is 9.35. The summed E-state index contributed by atoms with van der Waals surface area (Å²) in [5.41, 5.74) is 5.24. The third-order valence-electron chi connectivity index (χ3n) is 2.59. The first kappa shape index (κ1) is 12.7. The first-order valence-electron chi connectivity index (χ1n) is 5.28. The molecule has 2 unspecified atom stereocenters. The van der Waals surface area contributed by atoms with Crippen molar-refractivity contribution in [2.45, 2.75) is 12.8 Å². The molecule has 0 radical (unpaired) electrons. The maximum atomic E-state index is 11.7. The number of primary amides is 1. The quantitative estimate of drug-likeness (QED) is 0.414. The number of ether oxygens (including phenoxy) is 2. The molecule has 1 aliphatic rings. The fourth-order valence-corrected chi connectivity index (χ4v) is 1.72. The second-order valence-electron chi connectivity index (χ2n) is 3.70. The van der Waals surface area contributed by atoms with Gasteiger partial charge in [0.2, 0.25) is 5.91 Å². The van der Waals surface area contributed by atoms with Gasteiger partial charge in [0.15, 0.2) is 0 Å². The molecule has 5 nitrogen and oxygen atoms in total. The van der Waals surface area contributed by atoms with Crippen molar-refractivity contribution in [3.05, 3.63) is 12.2 Å². The number of nitrogens with two attached hydrogens (primary N) is 1. The summed E-state index contributed by atoms with van der Waals surface area (Å²) in [6, 6.07) is 0. The molecule has 0 aromatic rings. The number of methoxy groups -OCH3 is 1. The SMILES string of the molecule is COCCOC(=O)C1C=CCCC1C(N)=O. The smallest absolute Gasteiger partial charge is 0.313 e. The predicted molar refractivity (Wildman–Crippen MR) is 57.4 cm³/mol. The van der Waals surface area contributed by atoms with Crippen LogP contribution in [0.3, 0.4) is 0 Å². The highest BCUT2D eigenvalue weighted by Gasteiger charge is 2.32. The highest BCUT2D eigenvalue weighted by atomic mass is 16.6. The van der Waals surface area contributed by atoms with Crippen molar-refractivity contribution in [3.8, 4) is 0 Å². The number of hydrogen-bond acceptors (Lipinski definition) is 4. The molecule has 0 heterocycles. The van der Waals surface area contributed by atoms with Crippen LogP contribution in [0.2, 0.25) is 0 Å². The fraction of sp³-hybridized carbons (Fsp3) is 0.636. The van der Waals surface area contributed by atoms with Gasteiger partial charge < -0.3 is 15.2 Å². The summed E-state index contributed by atoms with van der Waals surface area (Å²) in [4.78, 5) is 22.8. The Bertz CT molecular complexity index is 288. The van der Waals surface area contributed by atoms with Gasteiger partial charge in [-0.1, -0.05) is 12.2 Å². The summed E-state index contributed by atoms with van der Waals surface area (Å²) >= 11 is 0. The fourth-order valence-electron chi connectivity index (χ4n) is 1.72. The molecule has 2 atom stereocenters. The molecule has 0 fully saturated rings. The predicted octanol–water partition coefficient (Wildman–Crippen LogP) is 0.244. The van der Waals surface area contributed by atoms with E-state index in [1.54, 1.807) is 6.08 Å². The van der Waals surface area contributed by atoms with Gasteiger partial charge in [0.1, 0.15) is 6.61 Å². The van der Waals surface area contributed by atoms with E-state index < -0.39 is 23.7 Å². The van der Waals surface area contributed by atoms with Crippen LogP contribution in [-0.2, 0) is 19.1 Å². The first-order valence-corrected chi connectivity index (χ1v) is 5.28. The summed E-state index contributed by atoms with van der Waals surface area (Å²) in [5.74, 6) is -1.84. The summed E-state index contributed by atoms with van der Waals surface area (Å²) < 4.78 is 9.75. The van der Waals surface area contributed by atoms with Crippen LogP contribution in [0.15, 0.2) is 12.2 Å². The molecule has 5 heteroatoms. The molecule has 1 rings (SSSR count). The van der Waals surface area contributed by atoms with Crippen molar-refractivity contribution >= 4 is 11.9 Å². The lowest BCUT2D eigenvalue weighted by atomic mass is 9.83. The maximum absolute atomic E-state index is 11.7. The Morgan fingerprint density at radius 2 is 2.19 bits per heavy atom. The average molecular weight is 227 g/mol. The van der Waals surface area contributed by atoms with Crippen LogP contribution < -0.4 is 5.73 Å². The van der Waals surface area contributed by atoms with Crippen molar-refractivity contribution in [1.82, 2.24) is 0 Å². The van der Waals surface area contributed by atoms with Crippen LogP contribution in [-0.4, -0.2) is 32.2 Å². The number of rotatable bonds is 5. The molecule has 0 bridgehead atoms. The Labute approximate surface area is 94.6 Å². The minimum absolute atomic E-state index is 0.200. The molecule has 1 aliphatic carbocycles. The summed E-state index contributed by atoms with van der Waals surface area (Å²) in [6.45, 7) is 0.550. The number of esters is 1. The number of carbonyl (C=O) groups excluding carboxylic acids is 2. The minimum Gasteiger partial charge on any atom is -0.463 e. The molecule has 0 aromatic carbocycles. The maximum Gasteiger partial charge on any atom is 0.313 e. The Hall–Kier alpha value is -1.36. The largest absolute Gasteiger partial charge is 0.463 e. The standard InChI is InChI=1S/C11H17NO4/c1-15-6-7-16-11(14)9-5-3-2-4-8(9)10(12)13/h3,5,8-9H,2,4,6-7H2,1H3,(H2,12,13). The third kappa shape index (κ3) is 3.34. The van der Waals surface area contributed by atoms with E-state index >= 15 is 0 Å². The highest BCUT2D eigenvalue weighted by molar-refractivity contribution is 5.85. The van der Waals surface area contributed by atoms with E-state index in [1.165, 1.54) is 7.11 Å². The van der Waals surface area contributed by atoms with Gasteiger partial charge in [-0.25, -0.2) is 0 Å². The van der Waals surface area contributed by atoms with E-state index in [4.69, 9.17) is 15.2 Å². The third-order valence-corrected chi connectivity index (χ3v) is 2.59. The molecule has 0 saturated carbocycles. The van der Waals surface area contributed by atoms with Crippen LogP contribution in [0.5, 0.6) is 0 Å². The van der Waals surface area contributed by atoms with E-state index in [2.05, 4.69) is 0 Å². The molecular formula is C11H17NO4. The van der Waals surface area contributed by atoms with Crippen LogP contribution in [0.4, 0.5) is 0 Å². The molecular weight excluding hydrogens is 210 g/mol. The molecule has 2 N–H and O–H groups in total. The molecule has 16 heavy (non-hydrogen) atoms. The van der Waals surface area contributed by atoms with Crippen LogP contribution >= 0.6 is 0 Å². The van der Waals surface area contributed by atoms with Gasteiger partial charge in [-0.3, -0.25) is 9.59 Å². The van der Waals surface area contributed by atoms with Crippen molar-refractivity contribution in [2.75, 3.05) is 20.3 Å². The van der Waals surface area contributed by atoms with Crippen molar-refractivity contribution in [1.29, 1.82) is 0 Å². The van der Waals surface area contributed by atoms with Crippen molar-refractivity contribution in [3.63, 3.8) is 0 Å². The van der Waals surface area contributed by atoms with Gasteiger partial charge in [-0.15, -0.1) is 0 Å². The Balaban J connectivity index is 2.54. The monoisotopic (exact) mass is 227 g/mol. The summed E-state index contributed by atoms with van der Waals surface area (Å²) in [5, 5.41) is 0. The molecule has 0 saturated heterocycles. The van der Waals surface area contributed by atoms with Gasteiger partial charge in [0.05, 0.1) is 18.4 Å².